The molecular formula is C32H32N2O8S2. The van der Waals surface area contributed by atoms with Gasteiger partial charge in [-0.15, -0.1) is 11.8 Å². The molecule has 230 valence electrons. The molecule has 2 saturated carbocycles. The Morgan fingerprint density at radius 2 is 1.70 bits per heavy atom. The van der Waals surface area contributed by atoms with Crippen LogP contribution in [0.3, 0.4) is 0 Å². The second kappa shape index (κ2) is 11.3. The number of rotatable bonds is 9. The summed E-state index contributed by atoms with van der Waals surface area (Å²) >= 11 is 2.85. The Balaban J connectivity index is 1.25. The van der Waals surface area contributed by atoms with Gasteiger partial charge in [-0.05, 0) is 80.0 Å². The zero-order chi connectivity index (χ0) is 30.7. The van der Waals surface area contributed by atoms with Gasteiger partial charge in [0, 0.05) is 16.0 Å². The largest absolute Gasteiger partial charge is 0.497 e. The van der Waals surface area contributed by atoms with E-state index in [0.29, 0.717) is 29.5 Å². The topological polar surface area (TPSA) is 124 Å². The van der Waals surface area contributed by atoms with E-state index in [0.717, 1.165) is 21.9 Å². The van der Waals surface area contributed by atoms with E-state index in [-0.39, 0.29) is 64.7 Å². The summed E-state index contributed by atoms with van der Waals surface area (Å²) in [5, 5.41) is 0.895. The van der Waals surface area contributed by atoms with Crippen molar-refractivity contribution in [3.8, 4) is 17.2 Å². The summed E-state index contributed by atoms with van der Waals surface area (Å²) in [6.45, 7) is 4.02. The number of ether oxygens (including phenoxy) is 4. The molecule has 7 rings (SSSR count). The summed E-state index contributed by atoms with van der Waals surface area (Å²) in [5.74, 6) is -0.115. The third kappa shape index (κ3) is 4.52. The molecule has 1 saturated heterocycles. The fourth-order valence-electron chi connectivity index (χ4n) is 7.82. The van der Waals surface area contributed by atoms with E-state index >= 15 is 0 Å². The standard InChI is InChI=1S/C32H32N2O8S2/c1-4-40-21-12-15(6-11-20(21)42-14-22(35)41-5-2)23-24-18-13-19(27(24)43-29-28(23)44-32(38)33-29)26-25(18)30(36)34(31(26)37)16-7-9-17(39-3)10-8-16/h6-12,18-19,23-27H,4-5,13-14H2,1-3H3,(H,33,38)/t18?,19?,23-,24?,25?,26?,27?/m1/s1. The van der Waals surface area contributed by atoms with E-state index < -0.39 is 11.9 Å². The van der Waals surface area contributed by atoms with Gasteiger partial charge in [0.1, 0.15) is 5.75 Å². The van der Waals surface area contributed by atoms with Gasteiger partial charge in [0.05, 0.1) is 42.9 Å². The number of carbonyl (C=O) groups excluding carboxylic acids is 3. The maximum absolute atomic E-state index is 14.0. The normalized spacial score (nSPS) is 28.0. The number of H-pyrrole nitrogens is 1. The van der Waals surface area contributed by atoms with Gasteiger partial charge in [-0.3, -0.25) is 19.3 Å². The van der Waals surface area contributed by atoms with Crippen molar-refractivity contribution in [2.45, 2.75) is 36.5 Å². The van der Waals surface area contributed by atoms with Crippen LogP contribution < -0.4 is 24.0 Å². The molecule has 44 heavy (non-hydrogen) atoms. The van der Waals surface area contributed by atoms with E-state index in [1.807, 2.05) is 19.1 Å². The average molecular weight is 637 g/mol. The molecule has 2 aliphatic carbocycles. The lowest BCUT2D eigenvalue weighted by Crippen LogP contribution is -2.42. The van der Waals surface area contributed by atoms with Crippen molar-refractivity contribution in [3.05, 3.63) is 62.6 Å². The molecule has 0 spiro atoms. The number of hydrogen-bond donors (Lipinski definition) is 1. The van der Waals surface area contributed by atoms with Crippen molar-refractivity contribution in [1.29, 1.82) is 0 Å². The van der Waals surface area contributed by atoms with Crippen molar-refractivity contribution in [3.63, 3.8) is 0 Å². The van der Waals surface area contributed by atoms with Gasteiger partial charge in [-0.1, -0.05) is 17.4 Å². The number of anilines is 1. The lowest BCUT2D eigenvalue weighted by molar-refractivity contribution is -0.145. The van der Waals surface area contributed by atoms with Crippen LogP contribution in [0.5, 0.6) is 17.2 Å². The van der Waals surface area contributed by atoms with Crippen molar-refractivity contribution in [2.24, 2.45) is 29.6 Å². The number of nitrogens with one attached hydrogen (secondary N) is 1. The molecule has 4 aliphatic rings. The average Bonchev–Trinajstić information content (AvgIpc) is 3.75. The molecule has 1 aromatic heterocycles. The summed E-state index contributed by atoms with van der Waals surface area (Å²) in [7, 11) is 1.58. The Bertz CT molecular complexity index is 1680. The molecule has 6 unspecified atom stereocenters. The highest BCUT2D eigenvalue weighted by Crippen LogP contribution is 2.68. The molecular weight excluding hydrogens is 604 g/mol. The fraction of sp³-hybridized carbons (Fsp3) is 0.438. The summed E-state index contributed by atoms with van der Waals surface area (Å²) in [6, 6.07) is 12.7. The van der Waals surface area contributed by atoms with E-state index in [2.05, 4.69) is 4.98 Å². The van der Waals surface area contributed by atoms with Crippen molar-refractivity contribution in [2.75, 3.05) is 31.8 Å². The number of benzene rings is 2. The van der Waals surface area contributed by atoms with Crippen LogP contribution in [0.4, 0.5) is 5.69 Å². The number of fused-ring (bicyclic) bond motifs is 9. The predicted octanol–water partition coefficient (Wildman–Crippen LogP) is 4.46. The van der Waals surface area contributed by atoms with E-state index in [9.17, 15) is 19.2 Å². The molecule has 12 heteroatoms. The van der Waals surface area contributed by atoms with E-state index in [1.54, 1.807) is 56.1 Å². The molecule has 2 aliphatic heterocycles. The number of amides is 2. The van der Waals surface area contributed by atoms with Crippen molar-refractivity contribution < 1.29 is 33.3 Å². The molecule has 3 fully saturated rings. The fourth-order valence-corrected chi connectivity index (χ4v) is 10.7. The van der Waals surface area contributed by atoms with E-state index in [4.69, 9.17) is 18.9 Å². The molecule has 3 heterocycles. The molecule has 10 nitrogen and oxygen atoms in total. The van der Waals surface area contributed by atoms with Crippen LogP contribution in [-0.4, -0.2) is 54.9 Å². The molecule has 3 aromatic rings. The second-order valence-corrected chi connectivity index (χ2v) is 13.6. The minimum Gasteiger partial charge on any atom is -0.497 e. The number of methoxy groups -OCH3 is 1. The summed E-state index contributed by atoms with van der Waals surface area (Å²) in [4.78, 5) is 57.7. The maximum Gasteiger partial charge on any atom is 0.344 e. The number of imide groups is 1. The van der Waals surface area contributed by atoms with E-state index in [1.165, 1.54) is 16.2 Å². The van der Waals surface area contributed by atoms with Crippen LogP contribution >= 0.6 is 23.1 Å². The minimum atomic E-state index is -0.469. The number of aromatic nitrogens is 1. The van der Waals surface area contributed by atoms with Crippen LogP contribution in [0.25, 0.3) is 0 Å². The van der Waals surface area contributed by atoms with Crippen LogP contribution in [0, 0.1) is 29.6 Å². The Morgan fingerprint density at radius 3 is 2.41 bits per heavy atom. The van der Waals surface area contributed by atoms with Gasteiger partial charge < -0.3 is 23.9 Å². The van der Waals surface area contributed by atoms with Crippen molar-refractivity contribution in [1.82, 2.24) is 4.98 Å². The van der Waals surface area contributed by atoms with Crippen LogP contribution in [0.15, 0.2) is 52.3 Å². The Labute approximate surface area is 262 Å². The number of hydrogen-bond acceptors (Lipinski definition) is 10. The Kier molecular flexibility index (Phi) is 7.44. The van der Waals surface area contributed by atoms with Crippen LogP contribution in [0.1, 0.15) is 36.6 Å². The van der Waals surface area contributed by atoms with Gasteiger partial charge in [0.25, 0.3) is 0 Å². The SMILES string of the molecule is CCOC(=O)COc1ccc([C@H]2c3sc(=O)[nH]c3SC3C4CC(C5C(=O)N(c6ccc(OC)cc6)C(=O)C45)C32)cc1OCC. The zero-order valence-electron chi connectivity index (χ0n) is 24.4. The summed E-state index contributed by atoms with van der Waals surface area (Å²) < 4.78 is 22.0. The van der Waals surface area contributed by atoms with Gasteiger partial charge in [0.2, 0.25) is 11.8 Å². The Morgan fingerprint density at radius 1 is 0.955 bits per heavy atom. The first-order valence-electron chi connectivity index (χ1n) is 14.8. The number of nitrogens with zero attached hydrogens (tertiary/aromatic N) is 1. The summed E-state index contributed by atoms with van der Waals surface area (Å²) in [6.07, 6.45) is 0.792. The molecule has 2 amide bonds. The highest BCUT2D eigenvalue weighted by atomic mass is 32.2. The van der Waals surface area contributed by atoms with Gasteiger partial charge in [-0.25, -0.2) is 4.79 Å². The van der Waals surface area contributed by atoms with Gasteiger partial charge in [-0.2, -0.15) is 0 Å². The zero-order valence-corrected chi connectivity index (χ0v) is 26.1. The highest BCUT2D eigenvalue weighted by Gasteiger charge is 2.69. The van der Waals surface area contributed by atoms with Crippen LogP contribution in [-0.2, 0) is 19.1 Å². The first-order valence-corrected chi connectivity index (χ1v) is 16.5. The third-order valence-electron chi connectivity index (χ3n) is 9.33. The quantitative estimate of drug-likeness (QED) is 0.268. The number of thioether (sulfide) groups is 1. The number of esters is 1. The predicted molar refractivity (Wildman–Crippen MR) is 164 cm³/mol. The van der Waals surface area contributed by atoms with Gasteiger partial charge >= 0.3 is 10.8 Å². The first-order chi connectivity index (χ1) is 21.3. The lowest BCUT2D eigenvalue weighted by atomic mass is 9.68. The maximum atomic E-state index is 14.0. The van der Waals surface area contributed by atoms with Gasteiger partial charge in [0.15, 0.2) is 18.1 Å². The minimum absolute atomic E-state index is 0.0114. The highest BCUT2D eigenvalue weighted by molar-refractivity contribution is 8.00. The lowest BCUT2D eigenvalue weighted by Gasteiger charge is -2.43. The molecule has 1 N–H and O–H groups in total. The molecule has 2 bridgehead atoms. The molecule has 2 aromatic carbocycles. The monoisotopic (exact) mass is 636 g/mol. The Hall–Kier alpha value is -3.77. The smallest absolute Gasteiger partial charge is 0.344 e. The number of aromatic amines is 1. The molecule has 7 atom stereocenters. The third-order valence-corrected chi connectivity index (χ3v) is 11.9. The molecule has 0 radical (unpaired) electrons. The van der Waals surface area contributed by atoms with Crippen molar-refractivity contribution >= 4 is 46.6 Å². The number of carbonyl (C=O) groups is 3. The number of thiazole rings is 1. The second-order valence-electron chi connectivity index (χ2n) is 11.4. The summed E-state index contributed by atoms with van der Waals surface area (Å²) in [5.41, 5.74) is 1.50. The van der Waals surface area contributed by atoms with Crippen LogP contribution in [0.2, 0.25) is 0 Å². The first kappa shape index (κ1) is 29.0.